The largest absolute Gasteiger partial charge is 0.458 e. The number of hydrogen-bond acceptors (Lipinski definition) is 4. The molecule has 3 aliphatic rings. The number of rotatable bonds is 2. The number of amides is 1. The predicted octanol–water partition coefficient (Wildman–Crippen LogP) is 3.73. The second-order valence-electron chi connectivity index (χ2n) is 10.0. The van der Waals surface area contributed by atoms with E-state index in [-0.39, 0.29) is 24.4 Å². The SMILES string of the molecule is CC(C)(C)OC(=O)N1CC2(CC(CB3OC(C)(C)C(C)(C)O3)C2)C1. The fourth-order valence-corrected chi connectivity index (χ4v) is 4.14. The van der Waals surface area contributed by atoms with Gasteiger partial charge in [0.1, 0.15) is 5.60 Å². The number of carbonyl (C=O) groups is 1. The van der Waals surface area contributed by atoms with Crippen LogP contribution in [0.5, 0.6) is 0 Å². The van der Waals surface area contributed by atoms with Crippen molar-refractivity contribution in [2.24, 2.45) is 11.3 Å². The van der Waals surface area contributed by atoms with Crippen LogP contribution in [0.15, 0.2) is 0 Å². The van der Waals surface area contributed by atoms with Crippen molar-refractivity contribution in [3.8, 4) is 0 Å². The second kappa shape index (κ2) is 5.37. The minimum atomic E-state index is -0.418. The molecule has 2 heterocycles. The summed E-state index contributed by atoms with van der Waals surface area (Å²) >= 11 is 0. The van der Waals surface area contributed by atoms with E-state index in [1.54, 1.807) is 0 Å². The Balaban J connectivity index is 1.41. The van der Waals surface area contributed by atoms with Crippen molar-refractivity contribution < 1.29 is 18.8 Å². The Labute approximate surface area is 146 Å². The fraction of sp³-hybridized carbons (Fsp3) is 0.944. The lowest BCUT2D eigenvalue weighted by molar-refractivity contribution is -0.0919. The van der Waals surface area contributed by atoms with Crippen molar-refractivity contribution in [2.75, 3.05) is 13.1 Å². The Morgan fingerprint density at radius 3 is 2.08 bits per heavy atom. The first-order valence-corrected chi connectivity index (χ1v) is 9.15. The van der Waals surface area contributed by atoms with Gasteiger partial charge in [0.05, 0.1) is 11.2 Å². The van der Waals surface area contributed by atoms with Crippen LogP contribution >= 0.6 is 0 Å². The maximum atomic E-state index is 12.0. The lowest BCUT2D eigenvalue weighted by Crippen LogP contribution is -2.64. The third kappa shape index (κ3) is 3.32. The standard InChI is InChI=1S/C18H32BNO4/c1-15(2,3)22-14(21)20-11-18(12-20)8-13(9-18)10-19-23-16(4,5)17(6,7)24-19/h13H,8-12H2,1-7H3. The Morgan fingerprint density at radius 2 is 1.62 bits per heavy atom. The summed E-state index contributed by atoms with van der Waals surface area (Å²) in [7, 11) is -0.0978. The zero-order chi connectivity index (χ0) is 18.0. The molecule has 136 valence electrons. The number of ether oxygens (including phenoxy) is 1. The second-order valence-corrected chi connectivity index (χ2v) is 10.0. The molecule has 3 rings (SSSR count). The van der Waals surface area contributed by atoms with E-state index in [0.29, 0.717) is 11.3 Å². The molecule has 2 aliphatic heterocycles. The van der Waals surface area contributed by atoms with E-state index in [2.05, 4.69) is 27.7 Å². The van der Waals surface area contributed by atoms with Crippen LogP contribution in [0.3, 0.4) is 0 Å². The van der Waals surface area contributed by atoms with E-state index < -0.39 is 5.60 Å². The van der Waals surface area contributed by atoms with Gasteiger partial charge in [-0.3, -0.25) is 0 Å². The minimum Gasteiger partial charge on any atom is -0.444 e. The molecule has 0 unspecified atom stereocenters. The van der Waals surface area contributed by atoms with Gasteiger partial charge < -0.3 is 18.9 Å². The lowest BCUT2D eigenvalue weighted by Gasteiger charge is -2.59. The van der Waals surface area contributed by atoms with Gasteiger partial charge in [-0.25, -0.2) is 4.79 Å². The fourth-order valence-electron chi connectivity index (χ4n) is 4.14. The smallest absolute Gasteiger partial charge is 0.444 e. The summed E-state index contributed by atoms with van der Waals surface area (Å²) in [5, 5.41) is 0. The maximum Gasteiger partial charge on any atom is 0.458 e. The van der Waals surface area contributed by atoms with Crippen molar-refractivity contribution in [3.05, 3.63) is 0 Å². The summed E-state index contributed by atoms with van der Waals surface area (Å²) in [5.74, 6) is 0.639. The van der Waals surface area contributed by atoms with Gasteiger partial charge in [0.25, 0.3) is 0 Å². The molecule has 6 heteroatoms. The van der Waals surface area contributed by atoms with E-state index >= 15 is 0 Å². The van der Waals surface area contributed by atoms with Crippen LogP contribution in [0.2, 0.25) is 6.32 Å². The van der Waals surface area contributed by atoms with E-state index in [4.69, 9.17) is 14.0 Å². The summed E-state index contributed by atoms with van der Waals surface area (Å²) in [6, 6.07) is 0. The number of carbonyl (C=O) groups excluding carboxylic acids is 1. The molecule has 2 saturated heterocycles. The first-order valence-electron chi connectivity index (χ1n) is 9.15. The average molecular weight is 337 g/mol. The van der Waals surface area contributed by atoms with Gasteiger partial charge in [-0.1, -0.05) is 0 Å². The van der Waals surface area contributed by atoms with E-state index in [0.717, 1.165) is 32.3 Å². The first-order chi connectivity index (χ1) is 10.8. The van der Waals surface area contributed by atoms with Gasteiger partial charge in [-0.05, 0) is 73.5 Å². The number of hydrogen-bond donors (Lipinski definition) is 0. The van der Waals surface area contributed by atoms with Crippen molar-refractivity contribution in [3.63, 3.8) is 0 Å². The highest BCUT2D eigenvalue weighted by Crippen LogP contribution is 2.54. The molecular weight excluding hydrogens is 305 g/mol. The number of nitrogens with zero attached hydrogens (tertiary/aromatic N) is 1. The highest BCUT2D eigenvalue weighted by molar-refractivity contribution is 6.45. The molecule has 0 bridgehead atoms. The minimum absolute atomic E-state index is 0.0978. The van der Waals surface area contributed by atoms with Crippen LogP contribution in [0, 0.1) is 11.3 Å². The van der Waals surface area contributed by atoms with Crippen LogP contribution in [0.4, 0.5) is 4.79 Å². The Morgan fingerprint density at radius 1 is 1.12 bits per heavy atom. The normalized spacial score (nSPS) is 27.8. The zero-order valence-corrected chi connectivity index (χ0v) is 16.3. The van der Waals surface area contributed by atoms with E-state index in [1.807, 2.05) is 25.7 Å². The molecule has 3 fully saturated rings. The van der Waals surface area contributed by atoms with E-state index in [1.165, 1.54) is 0 Å². The van der Waals surface area contributed by atoms with Crippen LogP contribution in [0.25, 0.3) is 0 Å². The Kier molecular flexibility index (Phi) is 4.04. The molecule has 5 nitrogen and oxygen atoms in total. The van der Waals surface area contributed by atoms with E-state index in [9.17, 15) is 4.79 Å². The monoisotopic (exact) mass is 337 g/mol. The van der Waals surface area contributed by atoms with Crippen molar-refractivity contribution in [1.82, 2.24) is 4.90 Å². The quantitative estimate of drug-likeness (QED) is 0.721. The molecule has 0 atom stereocenters. The summed E-state index contributed by atoms with van der Waals surface area (Å²) in [4.78, 5) is 13.9. The lowest BCUT2D eigenvalue weighted by atomic mass is 9.53. The predicted molar refractivity (Wildman–Crippen MR) is 93.9 cm³/mol. The molecule has 1 aliphatic carbocycles. The van der Waals surface area contributed by atoms with Crippen molar-refractivity contribution in [2.45, 2.75) is 84.4 Å². The molecule has 0 aromatic rings. The first kappa shape index (κ1) is 18.1. The molecule has 24 heavy (non-hydrogen) atoms. The van der Waals surface area contributed by atoms with Gasteiger partial charge >= 0.3 is 13.2 Å². The molecule has 1 amide bonds. The summed E-state index contributed by atoms with van der Waals surface area (Å²) in [5.41, 5.74) is -0.587. The van der Waals surface area contributed by atoms with Crippen molar-refractivity contribution in [1.29, 1.82) is 0 Å². The van der Waals surface area contributed by atoms with Crippen LogP contribution < -0.4 is 0 Å². The maximum absolute atomic E-state index is 12.0. The molecular formula is C18H32BNO4. The molecule has 0 N–H and O–H groups in total. The average Bonchev–Trinajstić information content (AvgIpc) is 2.45. The van der Waals surface area contributed by atoms with Crippen LogP contribution in [-0.4, -0.2) is 48.0 Å². The Bertz CT molecular complexity index is 496. The molecule has 0 radical (unpaired) electrons. The van der Waals surface area contributed by atoms with Gasteiger partial charge in [0.15, 0.2) is 0 Å². The van der Waals surface area contributed by atoms with Crippen LogP contribution in [0.1, 0.15) is 61.3 Å². The molecule has 1 spiro atoms. The molecule has 1 saturated carbocycles. The highest BCUT2D eigenvalue weighted by Gasteiger charge is 2.57. The molecule has 0 aromatic heterocycles. The Hall–Kier alpha value is -0.745. The third-order valence-corrected chi connectivity index (χ3v) is 5.98. The van der Waals surface area contributed by atoms with Gasteiger partial charge in [-0.15, -0.1) is 0 Å². The zero-order valence-electron chi connectivity index (χ0n) is 16.3. The summed E-state index contributed by atoms with van der Waals surface area (Å²) in [6.45, 7) is 15.8. The van der Waals surface area contributed by atoms with Crippen molar-refractivity contribution >= 4 is 13.2 Å². The number of likely N-dealkylation sites (tertiary alicyclic amines) is 1. The van der Waals surface area contributed by atoms with Gasteiger partial charge in [0.2, 0.25) is 0 Å². The molecule has 0 aromatic carbocycles. The topological polar surface area (TPSA) is 48.0 Å². The summed E-state index contributed by atoms with van der Waals surface area (Å²) < 4.78 is 17.6. The van der Waals surface area contributed by atoms with Gasteiger partial charge in [0, 0.05) is 18.5 Å². The third-order valence-electron chi connectivity index (χ3n) is 5.98. The van der Waals surface area contributed by atoms with Crippen LogP contribution in [-0.2, 0) is 14.0 Å². The summed E-state index contributed by atoms with van der Waals surface area (Å²) in [6.07, 6.45) is 3.11. The van der Waals surface area contributed by atoms with Gasteiger partial charge in [-0.2, -0.15) is 0 Å². The highest BCUT2D eigenvalue weighted by atomic mass is 16.7.